The Labute approximate surface area is 105 Å². The zero-order valence-corrected chi connectivity index (χ0v) is 11.2. The molecule has 0 aliphatic heterocycles. The Morgan fingerprint density at radius 1 is 1.41 bits per heavy atom. The highest BCUT2D eigenvalue weighted by molar-refractivity contribution is 5.11. The Bertz CT molecular complexity index is 288. The number of nitrogens with one attached hydrogen (secondary N) is 1. The fraction of sp³-hybridized carbons (Fsp3) is 0.867. The Kier molecular flexibility index (Phi) is 4.12. The van der Waals surface area contributed by atoms with Crippen molar-refractivity contribution >= 4 is 0 Å². The summed E-state index contributed by atoms with van der Waals surface area (Å²) in [7, 11) is 0. The first-order valence-corrected chi connectivity index (χ1v) is 7.06. The number of terminal acetylenes is 1. The lowest BCUT2D eigenvalue weighted by atomic mass is 9.55. The number of hydrogen-bond donors (Lipinski definition) is 1. The monoisotopic (exact) mass is 235 g/mol. The highest BCUT2D eigenvalue weighted by atomic mass is 16.5. The van der Waals surface area contributed by atoms with Crippen molar-refractivity contribution in [2.24, 2.45) is 5.41 Å². The second kappa shape index (κ2) is 5.42. The molecule has 2 heteroatoms. The van der Waals surface area contributed by atoms with Crippen molar-refractivity contribution < 1.29 is 4.74 Å². The van der Waals surface area contributed by atoms with E-state index in [0.717, 1.165) is 13.0 Å². The lowest BCUT2D eigenvalue weighted by Crippen LogP contribution is -2.65. The van der Waals surface area contributed by atoms with Crippen molar-refractivity contribution in [3.8, 4) is 12.3 Å². The van der Waals surface area contributed by atoms with E-state index < -0.39 is 0 Å². The molecule has 3 unspecified atom stereocenters. The molecule has 2 fully saturated rings. The van der Waals surface area contributed by atoms with Gasteiger partial charge in [-0.15, -0.1) is 6.42 Å². The second-order valence-corrected chi connectivity index (χ2v) is 5.58. The van der Waals surface area contributed by atoms with Gasteiger partial charge in [0, 0.05) is 18.1 Å². The lowest BCUT2D eigenvalue weighted by Gasteiger charge is -2.58. The molecule has 3 atom stereocenters. The maximum Gasteiger partial charge on any atom is 0.0661 e. The molecule has 2 aliphatic carbocycles. The van der Waals surface area contributed by atoms with Crippen LogP contribution >= 0.6 is 0 Å². The van der Waals surface area contributed by atoms with Crippen LogP contribution in [0.1, 0.15) is 52.4 Å². The fourth-order valence-corrected chi connectivity index (χ4v) is 3.65. The molecule has 0 bridgehead atoms. The van der Waals surface area contributed by atoms with Gasteiger partial charge in [-0.25, -0.2) is 0 Å². The topological polar surface area (TPSA) is 21.3 Å². The first kappa shape index (κ1) is 12.9. The molecule has 0 aromatic rings. The summed E-state index contributed by atoms with van der Waals surface area (Å²) < 4.78 is 5.92. The minimum absolute atomic E-state index is 0.182. The zero-order valence-electron chi connectivity index (χ0n) is 11.2. The maximum atomic E-state index is 5.92. The van der Waals surface area contributed by atoms with Crippen LogP contribution in [0, 0.1) is 17.8 Å². The predicted octanol–water partition coefficient (Wildman–Crippen LogP) is 2.73. The Morgan fingerprint density at radius 2 is 2.12 bits per heavy atom. The summed E-state index contributed by atoms with van der Waals surface area (Å²) in [5.74, 6) is 2.78. The van der Waals surface area contributed by atoms with Gasteiger partial charge >= 0.3 is 0 Å². The molecule has 0 saturated heterocycles. The van der Waals surface area contributed by atoms with E-state index in [0.29, 0.717) is 17.6 Å². The van der Waals surface area contributed by atoms with Gasteiger partial charge in [0.1, 0.15) is 0 Å². The second-order valence-electron chi connectivity index (χ2n) is 5.58. The average Bonchev–Trinajstić information content (AvgIpc) is 2.38. The number of rotatable bonds is 4. The van der Waals surface area contributed by atoms with Gasteiger partial charge in [0.05, 0.1) is 12.1 Å². The van der Waals surface area contributed by atoms with Gasteiger partial charge in [0.2, 0.25) is 0 Å². The molecule has 2 aliphatic rings. The smallest absolute Gasteiger partial charge is 0.0661 e. The largest absolute Gasteiger partial charge is 0.378 e. The van der Waals surface area contributed by atoms with Gasteiger partial charge in [-0.3, -0.25) is 0 Å². The third-order valence-corrected chi connectivity index (χ3v) is 4.64. The first-order valence-electron chi connectivity index (χ1n) is 7.06. The summed E-state index contributed by atoms with van der Waals surface area (Å²) in [6, 6.07) is 0.756. The van der Waals surface area contributed by atoms with Crippen LogP contribution < -0.4 is 5.32 Å². The summed E-state index contributed by atoms with van der Waals surface area (Å²) in [4.78, 5) is 0. The highest BCUT2D eigenvalue weighted by Crippen LogP contribution is 2.53. The molecule has 0 aromatic heterocycles. The zero-order chi connectivity index (χ0) is 12.3. The van der Waals surface area contributed by atoms with E-state index in [-0.39, 0.29) is 6.04 Å². The molecule has 0 radical (unpaired) electrons. The van der Waals surface area contributed by atoms with Crippen LogP contribution in [-0.4, -0.2) is 24.8 Å². The molecule has 96 valence electrons. The molecule has 1 spiro atoms. The number of ether oxygens (including phenoxy) is 1. The number of hydrogen-bond acceptors (Lipinski definition) is 2. The Morgan fingerprint density at radius 3 is 2.71 bits per heavy atom. The normalized spacial score (nSPS) is 32.8. The summed E-state index contributed by atoms with van der Waals surface area (Å²) in [6.07, 6.45) is 13.8. The van der Waals surface area contributed by atoms with Gasteiger partial charge in [-0.1, -0.05) is 25.2 Å². The standard InChI is InChI=1S/C15H25NO/c1-4-12(3)16-13-11-14(17-5-2)15(13)9-7-6-8-10-15/h1,12-14,16H,5-11H2,2-3H3. The van der Waals surface area contributed by atoms with E-state index in [1.54, 1.807) is 0 Å². The average molecular weight is 235 g/mol. The molecule has 0 amide bonds. The van der Waals surface area contributed by atoms with Crippen LogP contribution in [0.3, 0.4) is 0 Å². The quantitative estimate of drug-likeness (QED) is 0.757. The lowest BCUT2D eigenvalue weighted by molar-refractivity contribution is -0.150. The third-order valence-electron chi connectivity index (χ3n) is 4.64. The van der Waals surface area contributed by atoms with Crippen molar-refractivity contribution in [2.75, 3.05) is 6.61 Å². The molecule has 2 saturated carbocycles. The summed E-state index contributed by atoms with van der Waals surface area (Å²) >= 11 is 0. The van der Waals surface area contributed by atoms with Gasteiger partial charge in [-0.2, -0.15) is 0 Å². The van der Waals surface area contributed by atoms with Crippen molar-refractivity contribution in [3.05, 3.63) is 0 Å². The van der Waals surface area contributed by atoms with Crippen LogP contribution in [0.4, 0.5) is 0 Å². The molecule has 0 aromatic carbocycles. The van der Waals surface area contributed by atoms with Crippen molar-refractivity contribution in [1.29, 1.82) is 0 Å². The van der Waals surface area contributed by atoms with E-state index in [1.807, 2.05) is 0 Å². The van der Waals surface area contributed by atoms with Crippen molar-refractivity contribution in [2.45, 2.75) is 70.6 Å². The van der Waals surface area contributed by atoms with Crippen molar-refractivity contribution in [3.63, 3.8) is 0 Å². The van der Waals surface area contributed by atoms with E-state index >= 15 is 0 Å². The molecule has 1 N–H and O–H groups in total. The van der Waals surface area contributed by atoms with Gasteiger partial charge < -0.3 is 10.1 Å². The molecule has 2 rings (SSSR count). The van der Waals surface area contributed by atoms with E-state index in [2.05, 4.69) is 25.1 Å². The van der Waals surface area contributed by atoms with Gasteiger partial charge in [-0.05, 0) is 33.1 Å². The fourth-order valence-electron chi connectivity index (χ4n) is 3.65. The van der Waals surface area contributed by atoms with Crippen LogP contribution in [0.2, 0.25) is 0 Å². The third kappa shape index (κ3) is 2.37. The Hall–Kier alpha value is -0.520. The maximum absolute atomic E-state index is 5.92. The minimum Gasteiger partial charge on any atom is -0.378 e. The predicted molar refractivity (Wildman–Crippen MR) is 70.8 cm³/mol. The molecule has 2 nitrogen and oxygen atoms in total. The summed E-state index contributed by atoms with van der Waals surface area (Å²) in [5.41, 5.74) is 0.388. The minimum atomic E-state index is 0.182. The van der Waals surface area contributed by atoms with E-state index in [4.69, 9.17) is 11.2 Å². The van der Waals surface area contributed by atoms with Gasteiger partial charge in [0.25, 0.3) is 0 Å². The summed E-state index contributed by atoms with van der Waals surface area (Å²) in [5, 5.41) is 3.60. The molecular formula is C15H25NO. The van der Waals surface area contributed by atoms with Crippen LogP contribution in [0.25, 0.3) is 0 Å². The van der Waals surface area contributed by atoms with E-state index in [9.17, 15) is 0 Å². The van der Waals surface area contributed by atoms with Crippen molar-refractivity contribution in [1.82, 2.24) is 5.32 Å². The van der Waals surface area contributed by atoms with Crippen LogP contribution in [0.15, 0.2) is 0 Å². The molecule has 0 heterocycles. The molecule has 17 heavy (non-hydrogen) atoms. The molecular weight excluding hydrogens is 210 g/mol. The Balaban J connectivity index is 2.01. The first-order chi connectivity index (χ1) is 8.23. The SMILES string of the molecule is C#CC(C)NC1CC(OCC)C12CCCCC2. The highest BCUT2D eigenvalue weighted by Gasteiger charge is 2.55. The van der Waals surface area contributed by atoms with E-state index in [1.165, 1.54) is 32.1 Å². The van der Waals surface area contributed by atoms with Crippen LogP contribution in [-0.2, 0) is 4.74 Å². The van der Waals surface area contributed by atoms with Crippen LogP contribution in [0.5, 0.6) is 0 Å². The van der Waals surface area contributed by atoms with Gasteiger partial charge in [0.15, 0.2) is 0 Å². The summed E-state index contributed by atoms with van der Waals surface area (Å²) in [6.45, 7) is 5.01.